The lowest BCUT2D eigenvalue weighted by molar-refractivity contribution is 0.0949. The van der Waals surface area contributed by atoms with Gasteiger partial charge in [-0.05, 0) is 18.2 Å². The van der Waals surface area contributed by atoms with Crippen LogP contribution in [0.2, 0.25) is 0 Å². The first-order valence-corrected chi connectivity index (χ1v) is 5.82. The van der Waals surface area contributed by atoms with E-state index in [9.17, 15) is 4.79 Å². The lowest BCUT2D eigenvalue weighted by Gasteiger charge is -2.03. The Labute approximate surface area is 110 Å². The molecule has 96 valence electrons. The van der Waals surface area contributed by atoms with Crippen LogP contribution in [0.3, 0.4) is 0 Å². The molecule has 0 aliphatic carbocycles. The molecule has 0 bridgehead atoms. The second kappa shape index (κ2) is 5.78. The summed E-state index contributed by atoms with van der Waals surface area (Å²) in [7, 11) is 1.85. The summed E-state index contributed by atoms with van der Waals surface area (Å²) in [5, 5.41) is 15.6. The zero-order chi connectivity index (χ0) is 13.7. The summed E-state index contributed by atoms with van der Waals surface area (Å²) in [4.78, 5) is 15.7. The van der Waals surface area contributed by atoms with Crippen molar-refractivity contribution in [1.82, 2.24) is 20.1 Å². The van der Waals surface area contributed by atoms with Crippen LogP contribution in [-0.4, -0.2) is 27.2 Å². The number of hydrogen-bond donors (Lipinski definition) is 1. The average Bonchev–Trinajstić information content (AvgIpc) is 2.84. The van der Waals surface area contributed by atoms with E-state index in [0.29, 0.717) is 24.2 Å². The first-order chi connectivity index (χ1) is 9.19. The van der Waals surface area contributed by atoms with Crippen molar-refractivity contribution < 1.29 is 4.79 Å². The van der Waals surface area contributed by atoms with Crippen LogP contribution in [0.25, 0.3) is 0 Å². The fraction of sp³-hybridized carbons (Fsp3) is 0.231. The maximum atomic E-state index is 11.8. The zero-order valence-electron chi connectivity index (χ0n) is 10.5. The summed E-state index contributed by atoms with van der Waals surface area (Å²) >= 11 is 0. The van der Waals surface area contributed by atoms with Crippen molar-refractivity contribution >= 4 is 5.91 Å². The van der Waals surface area contributed by atoms with E-state index in [-0.39, 0.29) is 5.91 Å². The number of nitrogens with zero attached hydrogens (tertiary/aromatic N) is 4. The Morgan fingerprint density at radius 3 is 2.89 bits per heavy atom. The third kappa shape index (κ3) is 3.39. The highest BCUT2D eigenvalue weighted by Crippen LogP contribution is 1.99. The topological polar surface area (TPSA) is 83.6 Å². The lowest BCUT2D eigenvalue weighted by Crippen LogP contribution is -2.26. The highest BCUT2D eigenvalue weighted by atomic mass is 16.1. The molecule has 2 aromatic rings. The summed E-state index contributed by atoms with van der Waals surface area (Å²) in [5.41, 5.74) is 1.67. The summed E-state index contributed by atoms with van der Waals surface area (Å²) < 4.78 is 1.72. The van der Waals surface area contributed by atoms with E-state index in [1.807, 2.05) is 25.4 Å². The number of rotatable bonds is 4. The van der Waals surface area contributed by atoms with E-state index < -0.39 is 0 Å². The number of pyridine rings is 1. The number of carbonyl (C=O) groups excluding carboxylic acids is 1. The van der Waals surface area contributed by atoms with E-state index in [4.69, 9.17) is 5.26 Å². The number of carbonyl (C=O) groups is 1. The van der Waals surface area contributed by atoms with Gasteiger partial charge in [0.25, 0.3) is 5.91 Å². The Bertz CT molecular complexity index is 609. The van der Waals surface area contributed by atoms with Crippen molar-refractivity contribution in [2.45, 2.75) is 6.42 Å². The van der Waals surface area contributed by atoms with E-state index in [1.54, 1.807) is 10.7 Å². The van der Waals surface area contributed by atoms with Crippen molar-refractivity contribution in [2.75, 3.05) is 6.54 Å². The molecule has 0 aromatic carbocycles. The van der Waals surface area contributed by atoms with Crippen LogP contribution in [0, 0.1) is 11.3 Å². The van der Waals surface area contributed by atoms with Gasteiger partial charge < -0.3 is 5.32 Å². The predicted octanol–water partition coefficient (Wildman–Crippen LogP) is 0.659. The Morgan fingerprint density at radius 1 is 1.47 bits per heavy atom. The van der Waals surface area contributed by atoms with Crippen molar-refractivity contribution in [3.8, 4) is 6.07 Å². The SMILES string of the molecule is Cn1ccc(CCNC(=O)c2ccc(C#N)cn2)n1. The minimum absolute atomic E-state index is 0.250. The minimum atomic E-state index is -0.250. The Kier molecular flexibility index (Phi) is 3.88. The molecule has 0 spiro atoms. The highest BCUT2D eigenvalue weighted by molar-refractivity contribution is 5.92. The molecule has 0 atom stereocenters. The smallest absolute Gasteiger partial charge is 0.269 e. The van der Waals surface area contributed by atoms with Gasteiger partial charge in [0.05, 0.1) is 11.3 Å². The fourth-order valence-corrected chi connectivity index (χ4v) is 1.59. The quantitative estimate of drug-likeness (QED) is 0.869. The Hall–Kier alpha value is -2.68. The summed E-state index contributed by atoms with van der Waals surface area (Å²) in [6.07, 6.45) is 3.91. The van der Waals surface area contributed by atoms with Gasteiger partial charge in [-0.1, -0.05) is 0 Å². The van der Waals surface area contributed by atoms with Crippen LogP contribution in [0.5, 0.6) is 0 Å². The molecule has 19 heavy (non-hydrogen) atoms. The molecule has 0 radical (unpaired) electrons. The third-order valence-electron chi connectivity index (χ3n) is 2.56. The van der Waals surface area contributed by atoms with E-state index in [0.717, 1.165) is 5.69 Å². The van der Waals surface area contributed by atoms with E-state index in [1.165, 1.54) is 12.3 Å². The predicted molar refractivity (Wildman–Crippen MR) is 68.2 cm³/mol. The maximum Gasteiger partial charge on any atom is 0.269 e. The van der Waals surface area contributed by atoms with Gasteiger partial charge in [0.1, 0.15) is 11.8 Å². The molecular weight excluding hydrogens is 242 g/mol. The van der Waals surface area contributed by atoms with Crippen LogP contribution in [0.4, 0.5) is 0 Å². The van der Waals surface area contributed by atoms with Crippen molar-refractivity contribution in [1.29, 1.82) is 5.26 Å². The van der Waals surface area contributed by atoms with Crippen molar-refractivity contribution in [3.05, 3.63) is 47.5 Å². The van der Waals surface area contributed by atoms with Crippen molar-refractivity contribution in [3.63, 3.8) is 0 Å². The van der Waals surface area contributed by atoms with Crippen LogP contribution in [0.15, 0.2) is 30.6 Å². The van der Waals surface area contributed by atoms with Gasteiger partial charge in [-0.3, -0.25) is 9.48 Å². The van der Waals surface area contributed by atoms with Crippen LogP contribution in [-0.2, 0) is 13.5 Å². The lowest BCUT2D eigenvalue weighted by atomic mass is 10.2. The zero-order valence-corrected chi connectivity index (χ0v) is 10.5. The Morgan fingerprint density at radius 2 is 2.32 bits per heavy atom. The number of amides is 1. The minimum Gasteiger partial charge on any atom is -0.350 e. The van der Waals surface area contributed by atoms with Gasteiger partial charge in [0.2, 0.25) is 0 Å². The number of aryl methyl sites for hydroxylation is 1. The number of aromatic nitrogens is 3. The molecule has 1 amide bonds. The summed E-state index contributed by atoms with van der Waals surface area (Å²) in [6, 6.07) is 6.97. The van der Waals surface area contributed by atoms with Crippen LogP contribution in [0.1, 0.15) is 21.7 Å². The average molecular weight is 255 g/mol. The molecule has 0 saturated carbocycles. The molecule has 6 heteroatoms. The van der Waals surface area contributed by atoms with Gasteiger partial charge >= 0.3 is 0 Å². The maximum absolute atomic E-state index is 11.8. The molecule has 0 aliphatic heterocycles. The first-order valence-electron chi connectivity index (χ1n) is 5.82. The molecule has 0 saturated heterocycles. The van der Waals surface area contributed by atoms with Gasteiger partial charge in [0.15, 0.2) is 0 Å². The van der Waals surface area contributed by atoms with E-state index in [2.05, 4.69) is 15.4 Å². The molecule has 2 aromatic heterocycles. The molecule has 2 rings (SSSR count). The highest BCUT2D eigenvalue weighted by Gasteiger charge is 2.06. The molecule has 0 aliphatic rings. The largest absolute Gasteiger partial charge is 0.350 e. The van der Waals surface area contributed by atoms with Gasteiger partial charge in [0, 0.05) is 32.4 Å². The number of hydrogen-bond acceptors (Lipinski definition) is 4. The molecule has 2 heterocycles. The Balaban J connectivity index is 1.85. The van der Waals surface area contributed by atoms with Crippen LogP contribution < -0.4 is 5.32 Å². The molecule has 0 fully saturated rings. The fourth-order valence-electron chi connectivity index (χ4n) is 1.59. The molecule has 1 N–H and O–H groups in total. The molecular formula is C13H13N5O. The number of nitrogens with one attached hydrogen (secondary N) is 1. The van der Waals surface area contributed by atoms with Crippen LogP contribution >= 0.6 is 0 Å². The normalized spacial score (nSPS) is 9.89. The van der Waals surface area contributed by atoms with Crippen molar-refractivity contribution in [2.24, 2.45) is 7.05 Å². The van der Waals surface area contributed by atoms with Gasteiger partial charge in [-0.25, -0.2) is 4.98 Å². The third-order valence-corrected chi connectivity index (χ3v) is 2.56. The second-order valence-corrected chi connectivity index (χ2v) is 4.03. The molecule has 0 unspecified atom stereocenters. The summed E-state index contributed by atoms with van der Waals surface area (Å²) in [6.45, 7) is 0.498. The second-order valence-electron chi connectivity index (χ2n) is 4.03. The first kappa shape index (κ1) is 12.8. The molecule has 6 nitrogen and oxygen atoms in total. The summed E-state index contributed by atoms with van der Waals surface area (Å²) in [5.74, 6) is -0.250. The van der Waals surface area contributed by atoms with Gasteiger partial charge in [-0.15, -0.1) is 0 Å². The standard InChI is InChI=1S/C13H13N5O/c1-18-7-5-11(17-18)4-6-15-13(19)12-3-2-10(8-14)9-16-12/h2-3,5,7,9H,4,6H2,1H3,(H,15,19). The number of nitriles is 1. The van der Waals surface area contributed by atoms with E-state index >= 15 is 0 Å². The van der Waals surface area contributed by atoms with Gasteiger partial charge in [-0.2, -0.15) is 10.4 Å². The monoisotopic (exact) mass is 255 g/mol.